The van der Waals surface area contributed by atoms with Gasteiger partial charge in [-0.1, -0.05) is 0 Å². The second-order valence-electron chi connectivity index (χ2n) is 6.06. The topological polar surface area (TPSA) is 109 Å². The van der Waals surface area contributed by atoms with Gasteiger partial charge in [0.25, 0.3) is 11.8 Å². The number of anilines is 1. The molecule has 2 amide bonds. The van der Waals surface area contributed by atoms with Gasteiger partial charge in [0, 0.05) is 19.7 Å². The lowest BCUT2D eigenvalue weighted by atomic mass is 10.2. The van der Waals surface area contributed by atoms with Crippen LogP contribution in [0.25, 0.3) is 0 Å². The van der Waals surface area contributed by atoms with Gasteiger partial charge < -0.3 is 15.1 Å². The van der Waals surface area contributed by atoms with Gasteiger partial charge >= 0.3 is 0 Å². The number of benzene rings is 1. The van der Waals surface area contributed by atoms with Crippen LogP contribution < -0.4 is 10.6 Å². The second-order valence-corrected chi connectivity index (χ2v) is 9.02. The van der Waals surface area contributed by atoms with Crippen molar-refractivity contribution in [2.45, 2.75) is 11.4 Å². The van der Waals surface area contributed by atoms with Gasteiger partial charge in [-0.15, -0.1) is 11.3 Å². The second kappa shape index (κ2) is 8.60. The minimum absolute atomic E-state index is 0.0604. The fraction of sp³-hybridized carbons (Fsp3) is 0.158. The maximum Gasteiger partial charge on any atom is 0.256 e. The number of hydrogen-bond acceptors (Lipinski definition) is 6. The lowest BCUT2D eigenvalue weighted by Crippen LogP contribution is -2.26. The molecule has 2 N–H and O–H groups in total. The molecule has 3 aromatic rings. The molecule has 0 bridgehead atoms. The fourth-order valence-electron chi connectivity index (χ4n) is 2.56. The average molecular weight is 434 g/mol. The molecule has 0 aliphatic carbocycles. The third-order valence-electron chi connectivity index (χ3n) is 4.15. The highest BCUT2D eigenvalue weighted by atomic mass is 32.2. The van der Waals surface area contributed by atoms with Crippen LogP contribution in [0.5, 0.6) is 0 Å². The Morgan fingerprint density at radius 3 is 2.45 bits per heavy atom. The minimum atomic E-state index is -3.74. The van der Waals surface area contributed by atoms with E-state index in [4.69, 9.17) is 4.42 Å². The van der Waals surface area contributed by atoms with Crippen molar-refractivity contribution in [1.29, 1.82) is 0 Å². The molecule has 0 spiro atoms. The number of nitrogens with zero attached hydrogens (tertiary/aromatic N) is 1. The van der Waals surface area contributed by atoms with E-state index in [0.717, 1.165) is 0 Å². The number of rotatable bonds is 7. The van der Waals surface area contributed by atoms with Gasteiger partial charge in [-0.2, -0.15) is 4.31 Å². The van der Waals surface area contributed by atoms with Crippen LogP contribution in [0.1, 0.15) is 26.5 Å². The van der Waals surface area contributed by atoms with Gasteiger partial charge in [0.2, 0.25) is 10.0 Å². The maximum atomic E-state index is 12.7. The average Bonchev–Trinajstić information content (AvgIpc) is 3.39. The van der Waals surface area contributed by atoms with Gasteiger partial charge in [0.1, 0.15) is 10.8 Å². The van der Waals surface area contributed by atoms with Gasteiger partial charge in [-0.3, -0.25) is 9.59 Å². The molecule has 0 atom stereocenters. The number of carbonyl (C=O) groups excluding carboxylic acids is 2. The van der Waals surface area contributed by atoms with E-state index in [0.29, 0.717) is 16.3 Å². The predicted octanol–water partition coefficient (Wildman–Crippen LogP) is 2.77. The van der Waals surface area contributed by atoms with Crippen LogP contribution in [0.15, 0.2) is 63.4 Å². The maximum absolute atomic E-state index is 12.7. The highest BCUT2D eigenvalue weighted by Crippen LogP contribution is 2.24. The molecule has 2 heterocycles. The summed E-state index contributed by atoms with van der Waals surface area (Å²) in [6.07, 6.45) is 1.48. The number of carbonyl (C=O) groups is 2. The molecule has 29 heavy (non-hydrogen) atoms. The summed E-state index contributed by atoms with van der Waals surface area (Å²) in [4.78, 5) is 24.3. The summed E-state index contributed by atoms with van der Waals surface area (Å²) >= 11 is 1.22. The molecule has 3 rings (SSSR count). The quantitative estimate of drug-likeness (QED) is 0.596. The first-order valence-corrected chi connectivity index (χ1v) is 10.8. The molecular formula is C19H19N3O5S2. The van der Waals surface area contributed by atoms with Crippen molar-refractivity contribution in [3.63, 3.8) is 0 Å². The first-order chi connectivity index (χ1) is 13.8. The van der Waals surface area contributed by atoms with Crippen molar-refractivity contribution in [2.75, 3.05) is 19.4 Å². The van der Waals surface area contributed by atoms with Crippen LogP contribution in [0, 0.1) is 0 Å². The summed E-state index contributed by atoms with van der Waals surface area (Å²) in [5, 5.41) is 7.31. The van der Waals surface area contributed by atoms with Crippen LogP contribution >= 0.6 is 11.3 Å². The molecule has 0 saturated heterocycles. The number of furan rings is 1. The van der Waals surface area contributed by atoms with Gasteiger partial charge in [0.05, 0.1) is 23.3 Å². The Bertz CT molecular complexity index is 1100. The first kappa shape index (κ1) is 20.8. The predicted molar refractivity (Wildman–Crippen MR) is 109 cm³/mol. The Labute approximate surface area is 172 Å². The summed E-state index contributed by atoms with van der Waals surface area (Å²) in [6.45, 7) is 0.0955. The highest BCUT2D eigenvalue weighted by Gasteiger charge is 2.22. The Hall–Kier alpha value is -2.95. The summed E-state index contributed by atoms with van der Waals surface area (Å²) < 4.78 is 31.7. The summed E-state index contributed by atoms with van der Waals surface area (Å²) in [5.74, 6) is -0.219. The lowest BCUT2D eigenvalue weighted by molar-refractivity contribution is 0.0964. The van der Waals surface area contributed by atoms with E-state index in [1.165, 1.54) is 60.3 Å². The molecule has 8 nitrogen and oxygen atoms in total. The molecule has 0 radical (unpaired) electrons. The standard InChI is InChI=1S/C19H19N3O5S2/c1-20-18(24)16-9-11-28-19(16)21-17(23)13-5-7-15(8-6-13)29(25,26)22(2)12-14-4-3-10-27-14/h3-11H,12H2,1-2H3,(H,20,24)(H,21,23). The minimum Gasteiger partial charge on any atom is -0.468 e. The number of nitrogens with one attached hydrogen (secondary N) is 2. The van der Waals surface area contributed by atoms with Crippen LogP contribution in [0.4, 0.5) is 5.00 Å². The van der Waals surface area contributed by atoms with Crippen molar-refractivity contribution in [1.82, 2.24) is 9.62 Å². The van der Waals surface area contributed by atoms with E-state index in [1.807, 2.05) is 0 Å². The third kappa shape index (κ3) is 4.56. The first-order valence-electron chi connectivity index (χ1n) is 8.52. The van der Waals surface area contributed by atoms with Crippen molar-refractivity contribution in [3.8, 4) is 0 Å². The van der Waals surface area contributed by atoms with E-state index in [-0.39, 0.29) is 22.9 Å². The van der Waals surface area contributed by atoms with Crippen molar-refractivity contribution >= 4 is 38.2 Å². The van der Waals surface area contributed by atoms with Gasteiger partial charge in [0.15, 0.2) is 0 Å². The summed E-state index contributed by atoms with van der Waals surface area (Å²) in [6, 6.07) is 10.6. The molecule has 10 heteroatoms. The zero-order chi connectivity index (χ0) is 21.0. The Kier molecular flexibility index (Phi) is 6.16. The molecule has 1 aromatic carbocycles. The number of hydrogen-bond donors (Lipinski definition) is 2. The van der Waals surface area contributed by atoms with Gasteiger partial charge in [-0.05, 0) is 47.8 Å². The van der Waals surface area contributed by atoms with Crippen LogP contribution in [-0.2, 0) is 16.6 Å². The SMILES string of the molecule is CNC(=O)c1ccsc1NC(=O)c1ccc(S(=O)(=O)N(C)Cc2ccco2)cc1. The Morgan fingerprint density at radius 2 is 1.83 bits per heavy atom. The number of sulfonamides is 1. The van der Waals surface area contributed by atoms with E-state index in [9.17, 15) is 18.0 Å². The van der Waals surface area contributed by atoms with Crippen LogP contribution in [0.2, 0.25) is 0 Å². The molecule has 2 aromatic heterocycles. The highest BCUT2D eigenvalue weighted by molar-refractivity contribution is 7.89. The number of amides is 2. The van der Waals surface area contributed by atoms with E-state index in [2.05, 4.69) is 10.6 Å². The van der Waals surface area contributed by atoms with Gasteiger partial charge in [-0.25, -0.2) is 8.42 Å². The Morgan fingerprint density at radius 1 is 1.10 bits per heavy atom. The molecular weight excluding hydrogens is 414 g/mol. The lowest BCUT2D eigenvalue weighted by Gasteiger charge is -2.16. The van der Waals surface area contributed by atoms with Crippen molar-refractivity contribution < 1.29 is 22.4 Å². The molecule has 0 unspecified atom stereocenters. The van der Waals surface area contributed by atoms with E-state index >= 15 is 0 Å². The zero-order valence-corrected chi connectivity index (χ0v) is 17.3. The summed E-state index contributed by atoms with van der Waals surface area (Å²) in [7, 11) is -0.776. The van der Waals surface area contributed by atoms with Crippen LogP contribution in [0.3, 0.4) is 0 Å². The molecule has 0 aliphatic heterocycles. The Balaban J connectivity index is 1.73. The van der Waals surface area contributed by atoms with E-state index in [1.54, 1.807) is 23.6 Å². The molecule has 0 aliphatic rings. The molecule has 0 saturated carbocycles. The summed E-state index contributed by atoms with van der Waals surface area (Å²) in [5.41, 5.74) is 0.637. The van der Waals surface area contributed by atoms with E-state index < -0.39 is 15.9 Å². The van der Waals surface area contributed by atoms with Crippen molar-refractivity contribution in [2.24, 2.45) is 0 Å². The van der Waals surface area contributed by atoms with Crippen LogP contribution in [-0.4, -0.2) is 38.6 Å². The molecule has 0 fully saturated rings. The fourth-order valence-corrected chi connectivity index (χ4v) is 4.48. The molecule has 152 valence electrons. The smallest absolute Gasteiger partial charge is 0.256 e. The normalized spacial score (nSPS) is 11.4. The third-order valence-corrected chi connectivity index (χ3v) is 6.79. The number of thiophene rings is 1. The largest absolute Gasteiger partial charge is 0.468 e. The zero-order valence-electron chi connectivity index (χ0n) is 15.7. The monoisotopic (exact) mass is 433 g/mol. The van der Waals surface area contributed by atoms with Crippen molar-refractivity contribution in [3.05, 3.63) is 71.0 Å².